The topological polar surface area (TPSA) is 35.2 Å². The molecule has 0 spiro atoms. The Labute approximate surface area is 70.9 Å². The second-order valence-electron chi connectivity index (χ2n) is 2.23. The van der Waals surface area contributed by atoms with Crippen LogP contribution in [0.4, 0.5) is 23.2 Å². The molecule has 0 aliphatic rings. The highest BCUT2D eigenvalue weighted by atomic mass is 19.4. The third-order valence-corrected chi connectivity index (χ3v) is 1.21. The maximum atomic E-state index is 12.6. The van der Waals surface area contributed by atoms with Crippen molar-refractivity contribution in [1.82, 2.24) is 0 Å². The van der Waals surface area contributed by atoms with Crippen LogP contribution < -0.4 is 10.5 Å². The molecule has 0 fully saturated rings. The molecule has 13 heavy (non-hydrogen) atoms. The summed E-state index contributed by atoms with van der Waals surface area (Å²) in [6, 6.07) is 2.51. The Morgan fingerprint density at radius 3 is 2.31 bits per heavy atom. The smallest absolute Gasteiger partial charge is 0.406 e. The van der Waals surface area contributed by atoms with Gasteiger partial charge in [0.2, 0.25) is 0 Å². The normalized spacial score (nSPS) is 11.4. The summed E-state index contributed by atoms with van der Waals surface area (Å²) in [5.41, 5.74) is 4.81. The Hall–Kier alpha value is -1.46. The molecule has 1 aromatic rings. The predicted molar refractivity (Wildman–Crippen MR) is 37.5 cm³/mol. The molecule has 0 heterocycles. The van der Waals surface area contributed by atoms with Gasteiger partial charge in [-0.05, 0) is 12.1 Å². The number of hydrogen-bond acceptors (Lipinski definition) is 2. The maximum Gasteiger partial charge on any atom is 0.573 e. The van der Waals surface area contributed by atoms with Gasteiger partial charge in [0.25, 0.3) is 0 Å². The molecule has 0 aliphatic carbocycles. The van der Waals surface area contributed by atoms with Crippen molar-refractivity contribution in [3.05, 3.63) is 24.0 Å². The Morgan fingerprint density at radius 2 is 1.85 bits per heavy atom. The van der Waals surface area contributed by atoms with Crippen LogP contribution in [0.5, 0.6) is 5.75 Å². The van der Waals surface area contributed by atoms with Gasteiger partial charge in [-0.15, -0.1) is 13.2 Å². The fourth-order valence-electron chi connectivity index (χ4n) is 0.705. The van der Waals surface area contributed by atoms with E-state index in [1.807, 2.05) is 0 Å². The highest BCUT2D eigenvalue weighted by molar-refractivity contribution is 5.43. The van der Waals surface area contributed by atoms with Gasteiger partial charge >= 0.3 is 6.36 Å². The summed E-state index contributed by atoms with van der Waals surface area (Å²) >= 11 is 0. The molecular formula is C7H5F4NO. The number of rotatable bonds is 1. The van der Waals surface area contributed by atoms with Crippen LogP contribution in [0, 0.1) is 5.82 Å². The van der Waals surface area contributed by atoms with Gasteiger partial charge in [0.05, 0.1) is 5.69 Å². The van der Waals surface area contributed by atoms with E-state index in [4.69, 9.17) is 5.73 Å². The van der Waals surface area contributed by atoms with Gasteiger partial charge in [0.1, 0.15) is 11.6 Å². The quantitative estimate of drug-likeness (QED) is 0.551. The zero-order valence-corrected chi connectivity index (χ0v) is 6.23. The minimum Gasteiger partial charge on any atom is -0.406 e. The molecule has 0 aromatic heterocycles. The van der Waals surface area contributed by atoms with Crippen molar-refractivity contribution in [2.45, 2.75) is 6.36 Å². The van der Waals surface area contributed by atoms with Gasteiger partial charge in [-0.1, -0.05) is 0 Å². The Morgan fingerprint density at radius 1 is 1.23 bits per heavy atom. The van der Waals surface area contributed by atoms with Crippen LogP contribution >= 0.6 is 0 Å². The molecule has 0 saturated carbocycles. The Balaban J connectivity index is 2.86. The van der Waals surface area contributed by atoms with Gasteiger partial charge < -0.3 is 10.5 Å². The second-order valence-corrected chi connectivity index (χ2v) is 2.23. The van der Waals surface area contributed by atoms with Crippen LogP contribution in [-0.4, -0.2) is 6.36 Å². The second kappa shape index (κ2) is 3.12. The van der Waals surface area contributed by atoms with Crippen molar-refractivity contribution in [2.24, 2.45) is 0 Å². The van der Waals surface area contributed by atoms with E-state index in [0.29, 0.717) is 6.07 Å². The lowest BCUT2D eigenvalue weighted by Gasteiger charge is -2.08. The predicted octanol–water partition coefficient (Wildman–Crippen LogP) is 2.31. The minimum atomic E-state index is -4.82. The third-order valence-electron chi connectivity index (χ3n) is 1.21. The molecular weight excluding hydrogens is 190 g/mol. The third kappa shape index (κ3) is 2.81. The number of hydrogen-bond donors (Lipinski definition) is 1. The monoisotopic (exact) mass is 195 g/mol. The summed E-state index contributed by atoms with van der Waals surface area (Å²) in [4.78, 5) is 0. The van der Waals surface area contributed by atoms with Gasteiger partial charge in [0.15, 0.2) is 0 Å². The average molecular weight is 195 g/mol. The summed E-state index contributed by atoms with van der Waals surface area (Å²) in [7, 11) is 0. The lowest BCUT2D eigenvalue weighted by molar-refractivity contribution is -0.274. The number of ether oxygens (including phenoxy) is 1. The minimum absolute atomic E-state index is 0.227. The number of nitrogen functional groups attached to an aromatic ring is 1. The van der Waals surface area contributed by atoms with Crippen LogP contribution in [0.1, 0.15) is 0 Å². The van der Waals surface area contributed by atoms with Crippen molar-refractivity contribution in [3.8, 4) is 5.75 Å². The molecule has 1 rings (SSSR count). The first-order valence-electron chi connectivity index (χ1n) is 3.19. The molecule has 6 heteroatoms. The van der Waals surface area contributed by atoms with Gasteiger partial charge in [0, 0.05) is 6.07 Å². The number of halogens is 4. The fourth-order valence-corrected chi connectivity index (χ4v) is 0.705. The van der Waals surface area contributed by atoms with E-state index in [9.17, 15) is 17.6 Å². The Kier molecular flexibility index (Phi) is 2.31. The van der Waals surface area contributed by atoms with Crippen molar-refractivity contribution >= 4 is 5.69 Å². The molecule has 0 unspecified atom stereocenters. The number of benzene rings is 1. The first kappa shape index (κ1) is 9.63. The molecule has 0 amide bonds. The van der Waals surface area contributed by atoms with Crippen LogP contribution in [0.3, 0.4) is 0 Å². The van der Waals surface area contributed by atoms with E-state index in [1.54, 1.807) is 0 Å². The largest absolute Gasteiger partial charge is 0.573 e. The van der Waals surface area contributed by atoms with E-state index in [-0.39, 0.29) is 5.69 Å². The molecule has 0 saturated heterocycles. The van der Waals surface area contributed by atoms with Crippen molar-refractivity contribution in [2.75, 3.05) is 5.73 Å². The van der Waals surface area contributed by atoms with E-state index in [0.717, 1.165) is 12.1 Å². The molecule has 1 aromatic carbocycles. The lowest BCUT2D eigenvalue weighted by atomic mass is 10.3. The van der Waals surface area contributed by atoms with Crippen LogP contribution in [0.25, 0.3) is 0 Å². The van der Waals surface area contributed by atoms with E-state index in [2.05, 4.69) is 4.74 Å². The molecule has 72 valence electrons. The Bertz CT molecular complexity index is 310. The molecule has 0 radical (unpaired) electrons. The maximum absolute atomic E-state index is 12.6. The average Bonchev–Trinajstić information content (AvgIpc) is 1.94. The summed E-state index contributed by atoms with van der Waals surface area (Å²) in [5.74, 6) is -1.57. The summed E-state index contributed by atoms with van der Waals surface area (Å²) in [6.07, 6.45) is -4.82. The van der Waals surface area contributed by atoms with Crippen LogP contribution in [0.2, 0.25) is 0 Å². The summed E-state index contributed by atoms with van der Waals surface area (Å²) < 4.78 is 50.8. The molecule has 2 nitrogen and oxygen atoms in total. The SMILES string of the molecule is Nc1ccc(OC(F)(F)F)cc1F. The van der Waals surface area contributed by atoms with Crippen LogP contribution in [0.15, 0.2) is 18.2 Å². The lowest BCUT2D eigenvalue weighted by Crippen LogP contribution is -2.17. The van der Waals surface area contributed by atoms with E-state index < -0.39 is 17.9 Å². The number of nitrogens with two attached hydrogens (primary N) is 1. The molecule has 0 aliphatic heterocycles. The fraction of sp³-hybridized carbons (Fsp3) is 0.143. The van der Waals surface area contributed by atoms with Crippen molar-refractivity contribution in [1.29, 1.82) is 0 Å². The zero-order valence-electron chi connectivity index (χ0n) is 6.23. The standard InChI is InChI=1S/C7H5F4NO/c8-5-3-4(1-2-6(5)12)13-7(9,10)11/h1-3H,12H2. The first-order valence-corrected chi connectivity index (χ1v) is 3.19. The summed E-state index contributed by atoms with van der Waals surface area (Å²) in [5, 5.41) is 0. The molecule has 0 atom stereocenters. The van der Waals surface area contributed by atoms with E-state index >= 15 is 0 Å². The van der Waals surface area contributed by atoms with Gasteiger partial charge in [-0.3, -0.25) is 0 Å². The van der Waals surface area contributed by atoms with Crippen molar-refractivity contribution in [3.63, 3.8) is 0 Å². The zero-order chi connectivity index (χ0) is 10.1. The van der Waals surface area contributed by atoms with Crippen LogP contribution in [-0.2, 0) is 0 Å². The van der Waals surface area contributed by atoms with Gasteiger partial charge in [-0.25, -0.2) is 4.39 Å². The van der Waals surface area contributed by atoms with Crippen molar-refractivity contribution < 1.29 is 22.3 Å². The van der Waals surface area contributed by atoms with Gasteiger partial charge in [-0.2, -0.15) is 0 Å². The summed E-state index contributed by atoms with van der Waals surface area (Å²) in [6.45, 7) is 0. The highest BCUT2D eigenvalue weighted by Gasteiger charge is 2.31. The molecule has 0 bridgehead atoms. The van der Waals surface area contributed by atoms with E-state index in [1.165, 1.54) is 0 Å². The number of alkyl halides is 3. The molecule has 2 N–H and O–H groups in total. The first-order chi connectivity index (χ1) is 5.88. The highest BCUT2D eigenvalue weighted by Crippen LogP contribution is 2.24. The number of anilines is 1.